The molecule has 1 aromatic heterocycles. The van der Waals surface area contributed by atoms with Crippen LogP contribution in [0.4, 0.5) is 0 Å². The van der Waals surface area contributed by atoms with Gasteiger partial charge >= 0.3 is 0 Å². The maximum absolute atomic E-state index is 3.41. The highest BCUT2D eigenvalue weighted by Crippen LogP contribution is 2.28. The van der Waals surface area contributed by atoms with Gasteiger partial charge in [0.25, 0.3) is 0 Å². The van der Waals surface area contributed by atoms with E-state index in [2.05, 4.69) is 76.4 Å². The lowest BCUT2D eigenvalue weighted by Crippen LogP contribution is -2.34. The normalized spacial score (nSPS) is 17.8. The van der Waals surface area contributed by atoms with E-state index in [9.17, 15) is 0 Å². The first kappa shape index (κ1) is 12.2. The Hall–Kier alpha value is -2.52. The molecule has 0 amide bonds. The second-order valence-electron chi connectivity index (χ2n) is 5.28. The van der Waals surface area contributed by atoms with Crippen LogP contribution in [0.5, 0.6) is 0 Å². The third kappa shape index (κ3) is 2.22. The smallest absolute Gasteiger partial charge is 0.103 e. The minimum Gasteiger partial charge on any atom is -0.372 e. The molecule has 1 aliphatic rings. The van der Waals surface area contributed by atoms with Crippen molar-refractivity contribution in [3.05, 3.63) is 72.6 Å². The molecule has 3 nitrogen and oxygen atoms in total. The molecule has 0 fully saturated rings. The first-order valence-electron chi connectivity index (χ1n) is 7.23. The predicted molar refractivity (Wildman–Crippen MR) is 86.8 cm³/mol. The van der Waals surface area contributed by atoms with Gasteiger partial charge in [0, 0.05) is 18.1 Å². The van der Waals surface area contributed by atoms with Crippen molar-refractivity contribution in [3.8, 4) is 11.3 Å². The molecule has 1 aliphatic heterocycles. The van der Waals surface area contributed by atoms with E-state index in [4.69, 9.17) is 0 Å². The molecule has 0 saturated carbocycles. The fraction of sp³-hybridized carbons (Fsp3) is 0.111. The van der Waals surface area contributed by atoms with Crippen LogP contribution in [0.1, 0.15) is 11.7 Å². The molecule has 1 unspecified atom stereocenters. The number of benzene rings is 2. The Bertz CT molecular complexity index is 784. The molecule has 0 saturated heterocycles. The number of nitrogens with one attached hydrogen (secondary N) is 3. The molecule has 2 heterocycles. The van der Waals surface area contributed by atoms with Crippen LogP contribution in [0.3, 0.4) is 0 Å². The summed E-state index contributed by atoms with van der Waals surface area (Å²) in [5.41, 5.74) is 3.65. The van der Waals surface area contributed by atoms with E-state index in [-0.39, 0.29) is 6.17 Å². The average Bonchev–Trinajstić information content (AvgIpc) is 3.00. The van der Waals surface area contributed by atoms with Crippen molar-refractivity contribution in [2.45, 2.75) is 6.17 Å². The number of aromatic nitrogens is 1. The topological polar surface area (TPSA) is 39.9 Å². The lowest BCUT2D eigenvalue weighted by molar-refractivity contribution is 0.498. The summed E-state index contributed by atoms with van der Waals surface area (Å²) in [6, 6.07) is 17.1. The second-order valence-corrected chi connectivity index (χ2v) is 5.28. The molecule has 0 aliphatic carbocycles. The second kappa shape index (κ2) is 5.11. The summed E-state index contributed by atoms with van der Waals surface area (Å²) in [6.45, 7) is 0.903. The molecule has 2 aromatic carbocycles. The molecule has 0 spiro atoms. The fourth-order valence-corrected chi connectivity index (χ4v) is 2.84. The summed E-state index contributed by atoms with van der Waals surface area (Å²) < 4.78 is 0. The third-order valence-corrected chi connectivity index (χ3v) is 3.96. The van der Waals surface area contributed by atoms with Gasteiger partial charge in [-0.25, -0.2) is 0 Å². The Morgan fingerprint density at radius 1 is 0.952 bits per heavy atom. The van der Waals surface area contributed by atoms with E-state index >= 15 is 0 Å². The van der Waals surface area contributed by atoms with Gasteiger partial charge in [-0.05, 0) is 22.7 Å². The van der Waals surface area contributed by atoms with Crippen LogP contribution < -0.4 is 10.6 Å². The van der Waals surface area contributed by atoms with Gasteiger partial charge in [-0.15, -0.1) is 0 Å². The fourth-order valence-electron chi connectivity index (χ4n) is 2.84. The Kier molecular flexibility index (Phi) is 2.98. The van der Waals surface area contributed by atoms with Crippen LogP contribution >= 0.6 is 0 Å². The van der Waals surface area contributed by atoms with Gasteiger partial charge in [0.15, 0.2) is 0 Å². The number of rotatable bonds is 2. The Morgan fingerprint density at radius 3 is 2.62 bits per heavy atom. The molecule has 4 rings (SSSR count). The molecule has 21 heavy (non-hydrogen) atoms. The number of hydrogen-bond donors (Lipinski definition) is 3. The first-order chi connectivity index (χ1) is 10.4. The average molecular weight is 275 g/mol. The quantitative estimate of drug-likeness (QED) is 0.669. The first-order valence-corrected chi connectivity index (χ1v) is 7.23. The minimum atomic E-state index is 0.199. The van der Waals surface area contributed by atoms with Gasteiger partial charge in [0.1, 0.15) is 6.17 Å². The Labute approximate surface area is 123 Å². The zero-order valence-electron chi connectivity index (χ0n) is 11.6. The molecule has 3 aromatic rings. The SMILES string of the molecule is C1=CNC(c2ccc(-c3[nH]cc4ccccc34)cc2)NC1. The zero-order chi connectivity index (χ0) is 14.1. The van der Waals surface area contributed by atoms with Crippen LogP contribution in [-0.2, 0) is 0 Å². The highest BCUT2D eigenvalue weighted by molar-refractivity contribution is 5.95. The molecular formula is C18H17N3. The summed E-state index contributed by atoms with van der Waals surface area (Å²) in [4.78, 5) is 3.39. The van der Waals surface area contributed by atoms with Crippen molar-refractivity contribution in [1.29, 1.82) is 0 Å². The lowest BCUT2D eigenvalue weighted by Gasteiger charge is -2.22. The summed E-state index contributed by atoms with van der Waals surface area (Å²) in [6.07, 6.45) is 6.35. The largest absolute Gasteiger partial charge is 0.372 e. The van der Waals surface area contributed by atoms with Crippen molar-refractivity contribution >= 4 is 10.8 Å². The van der Waals surface area contributed by atoms with E-state index in [1.54, 1.807) is 0 Å². The van der Waals surface area contributed by atoms with E-state index < -0.39 is 0 Å². The molecule has 0 radical (unpaired) electrons. The molecule has 1 atom stereocenters. The van der Waals surface area contributed by atoms with E-state index in [1.807, 2.05) is 6.20 Å². The van der Waals surface area contributed by atoms with Crippen molar-refractivity contribution in [3.63, 3.8) is 0 Å². The zero-order valence-corrected chi connectivity index (χ0v) is 11.6. The van der Waals surface area contributed by atoms with Crippen LogP contribution in [0.2, 0.25) is 0 Å². The molecule has 3 N–H and O–H groups in total. The Balaban J connectivity index is 1.68. The van der Waals surface area contributed by atoms with Crippen molar-refractivity contribution in [1.82, 2.24) is 15.6 Å². The molecule has 3 heteroatoms. The number of hydrogen-bond acceptors (Lipinski definition) is 2. The standard InChI is InChI=1S/C18H17N3/c1-2-5-16-15(4-1)12-21-17(16)13-6-8-14(9-7-13)18-19-10-3-11-20-18/h1-10,12,18-21H,11H2. The van der Waals surface area contributed by atoms with Gasteiger partial charge < -0.3 is 10.3 Å². The summed E-state index contributed by atoms with van der Waals surface area (Å²) >= 11 is 0. The van der Waals surface area contributed by atoms with Crippen LogP contribution in [-0.4, -0.2) is 11.5 Å². The predicted octanol–water partition coefficient (Wildman–Crippen LogP) is 3.54. The number of fused-ring (bicyclic) bond motifs is 1. The van der Waals surface area contributed by atoms with Gasteiger partial charge in [-0.1, -0.05) is 54.6 Å². The Morgan fingerprint density at radius 2 is 1.81 bits per heavy atom. The van der Waals surface area contributed by atoms with Crippen LogP contribution in [0.25, 0.3) is 22.0 Å². The van der Waals surface area contributed by atoms with E-state index in [0.717, 1.165) is 6.54 Å². The molecular weight excluding hydrogens is 258 g/mol. The summed E-state index contributed by atoms with van der Waals surface area (Å²) in [5, 5.41) is 9.25. The highest BCUT2D eigenvalue weighted by Gasteiger charge is 2.11. The van der Waals surface area contributed by atoms with E-state index in [0.29, 0.717) is 0 Å². The van der Waals surface area contributed by atoms with E-state index in [1.165, 1.54) is 27.6 Å². The van der Waals surface area contributed by atoms with Crippen molar-refractivity contribution in [2.24, 2.45) is 0 Å². The maximum atomic E-state index is 3.41. The van der Waals surface area contributed by atoms with Gasteiger partial charge in [0.05, 0.1) is 5.69 Å². The number of H-pyrrole nitrogens is 1. The van der Waals surface area contributed by atoms with Crippen LogP contribution in [0, 0.1) is 0 Å². The summed E-state index contributed by atoms with van der Waals surface area (Å²) in [7, 11) is 0. The maximum Gasteiger partial charge on any atom is 0.103 e. The molecule has 0 bridgehead atoms. The lowest BCUT2D eigenvalue weighted by atomic mass is 10.0. The van der Waals surface area contributed by atoms with Crippen LogP contribution in [0.15, 0.2) is 67.0 Å². The third-order valence-electron chi connectivity index (χ3n) is 3.96. The summed E-state index contributed by atoms with van der Waals surface area (Å²) in [5.74, 6) is 0. The van der Waals surface area contributed by atoms with Gasteiger partial charge in [-0.2, -0.15) is 0 Å². The van der Waals surface area contributed by atoms with Crippen molar-refractivity contribution in [2.75, 3.05) is 6.54 Å². The van der Waals surface area contributed by atoms with Gasteiger partial charge in [-0.3, -0.25) is 5.32 Å². The van der Waals surface area contributed by atoms with Gasteiger partial charge in [0.2, 0.25) is 0 Å². The number of aromatic amines is 1. The highest BCUT2D eigenvalue weighted by atomic mass is 15.1. The van der Waals surface area contributed by atoms with Crippen molar-refractivity contribution < 1.29 is 0 Å². The molecule has 104 valence electrons. The monoisotopic (exact) mass is 275 g/mol. The minimum absolute atomic E-state index is 0.199.